The van der Waals surface area contributed by atoms with Crippen LogP contribution >= 0.6 is 0 Å². The molecule has 0 spiro atoms. The highest BCUT2D eigenvalue weighted by molar-refractivity contribution is 5.70. The number of ether oxygens (including phenoxy) is 3. The fourth-order valence-corrected chi connectivity index (χ4v) is 7.20. The Kier molecular flexibility index (Phi) is 48.9. The second-order valence-electron chi connectivity index (χ2n) is 17.0. The van der Waals surface area contributed by atoms with E-state index in [-0.39, 0.29) is 25.2 Å². The molecular weight excluding hydrogens is 741 g/mol. The molecule has 0 heterocycles. The van der Waals surface area contributed by atoms with Crippen LogP contribution < -0.4 is 0 Å². The molecule has 0 amide bonds. The van der Waals surface area contributed by atoms with Crippen molar-refractivity contribution in [3.8, 4) is 0 Å². The van der Waals surface area contributed by atoms with E-state index < -0.39 is 6.10 Å². The largest absolute Gasteiger partial charge is 0.462 e. The molecule has 0 radical (unpaired) electrons. The lowest BCUT2D eigenvalue weighted by Gasteiger charge is -2.18. The van der Waals surface area contributed by atoms with Crippen LogP contribution in [0.2, 0.25) is 0 Å². The van der Waals surface area contributed by atoms with Crippen molar-refractivity contribution in [2.24, 2.45) is 0 Å². The van der Waals surface area contributed by atoms with E-state index in [1.54, 1.807) is 0 Å². The third-order valence-corrected chi connectivity index (χ3v) is 11.0. The van der Waals surface area contributed by atoms with E-state index >= 15 is 0 Å². The zero-order valence-electron chi connectivity index (χ0n) is 40.0. The minimum atomic E-state index is -0.552. The molecule has 0 saturated heterocycles. The fourth-order valence-electron chi connectivity index (χ4n) is 7.20. The van der Waals surface area contributed by atoms with Crippen LogP contribution in [0.5, 0.6) is 0 Å². The molecule has 0 aliphatic carbocycles. The maximum Gasteiger partial charge on any atom is 0.306 e. The Labute approximate surface area is 373 Å². The van der Waals surface area contributed by atoms with Crippen molar-refractivity contribution in [1.29, 1.82) is 0 Å². The predicted molar refractivity (Wildman–Crippen MR) is 261 cm³/mol. The van der Waals surface area contributed by atoms with Gasteiger partial charge in [0.05, 0.1) is 6.61 Å². The molecule has 1 atom stereocenters. The fraction of sp³-hybridized carbons (Fsp3) is 0.782. The van der Waals surface area contributed by atoms with Crippen LogP contribution in [0.1, 0.15) is 252 Å². The molecule has 0 aliphatic rings. The number of rotatable bonds is 47. The van der Waals surface area contributed by atoms with Gasteiger partial charge in [-0.05, 0) is 83.5 Å². The molecular formula is C55H98O5. The first-order valence-electron chi connectivity index (χ1n) is 25.8. The molecule has 5 nitrogen and oxygen atoms in total. The Balaban J connectivity index is 4.28. The number of carbonyl (C=O) groups is 2. The first-order chi connectivity index (χ1) is 29.6. The minimum Gasteiger partial charge on any atom is -0.462 e. The van der Waals surface area contributed by atoms with E-state index in [2.05, 4.69) is 81.5 Å². The van der Waals surface area contributed by atoms with Crippen LogP contribution in [0, 0.1) is 0 Å². The molecule has 0 bridgehead atoms. The number of hydrogen-bond donors (Lipinski definition) is 0. The predicted octanol–water partition coefficient (Wildman–Crippen LogP) is 17.3. The van der Waals surface area contributed by atoms with Crippen LogP contribution in [0.15, 0.2) is 60.8 Å². The normalized spacial score (nSPS) is 12.7. The number of unbranched alkanes of at least 4 members (excludes halogenated alkanes) is 26. The summed E-state index contributed by atoms with van der Waals surface area (Å²) >= 11 is 0. The standard InChI is InChI=1S/C55H98O5/c1-4-7-10-13-16-19-22-24-26-28-29-31-34-36-39-42-45-48-54(56)59-52-53(60-55(57)49-46-43-40-37-33-21-18-15-12-9-6-3)51-58-50-47-44-41-38-35-32-30-27-25-23-20-17-14-11-8-5-2/h8,11,17,20,24-27,32,35,53H,4-7,9-10,12-16,18-19,21-23,28-31,33-34,36-52H2,1-3H3/b11-8-,20-17-,26-24-,27-25-,35-32-. The smallest absolute Gasteiger partial charge is 0.306 e. The molecule has 1 unspecified atom stereocenters. The van der Waals surface area contributed by atoms with Gasteiger partial charge in [0, 0.05) is 19.4 Å². The van der Waals surface area contributed by atoms with Gasteiger partial charge in [0.15, 0.2) is 6.10 Å². The molecule has 0 aromatic carbocycles. The van der Waals surface area contributed by atoms with Gasteiger partial charge in [-0.25, -0.2) is 0 Å². The third-order valence-electron chi connectivity index (χ3n) is 11.0. The molecule has 0 aromatic heterocycles. The van der Waals surface area contributed by atoms with Gasteiger partial charge in [-0.15, -0.1) is 0 Å². The zero-order chi connectivity index (χ0) is 43.5. The Bertz CT molecular complexity index is 1040. The van der Waals surface area contributed by atoms with E-state index in [9.17, 15) is 9.59 Å². The van der Waals surface area contributed by atoms with Crippen molar-refractivity contribution in [2.45, 2.75) is 258 Å². The van der Waals surface area contributed by atoms with Gasteiger partial charge >= 0.3 is 11.9 Å². The van der Waals surface area contributed by atoms with E-state index in [1.807, 2.05) is 0 Å². The number of carbonyl (C=O) groups excluding carboxylic acids is 2. The summed E-state index contributed by atoms with van der Waals surface area (Å²) in [6.07, 6.45) is 63.7. The van der Waals surface area contributed by atoms with Crippen molar-refractivity contribution < 1.29 is 23.8 Å². The summed E-state index contributed by atoms with van der Waals surface area (Å²) in [5, 5.41) is 0. The van der Waals surface area contributed by atoms with E-state index in [4.69, 9.17) is 14.2 Å². The Morgan fingerprint density at radius 1 is 0.383 bits per heavy atom. The molecule has 60 heavy (non-hydrogen) atoms. The van der Waals surface area contributed by atoms with Gasteiger partial charge in [0.2, 0.25) is 0 Å². The molecule has 0 aromatic rings. The molecule has 0 rings (SSSR count). The monoisotopic (exact) mass is 839 g/mol. The summed E-state index contributed by atoms with van der Waals surface area (Å²) in [6, 6.07) is 0. The average molecular weight is 839 g/mol. The van der Waals surface area contributed by atoms with Crippen LogP contribution in [0.25, 0.3) is 0 Å². The van der Waals surface area contributed by atoms with Crippen LogP contribution in [-0.4, -0.2) is 37.9 Å². The van der Waals surface area contributed by atoms with E-state index in [0.29, 0.717) is 19.4 Å². The van der Waals surface area contributed by atoms with Crippen LogP contribution in [0.4, 0.5) is 0 Å². The second-order valence-corrected chi connectivity index (χ2v) is 17.0. The van der Waals surface area contributed by atoms with Gasteiger partial charge in [0.1, 0.15) is 6.61 Å². The van der Waals surface area contributed by atoms with Crippen LogP contribution in [0.3, 0.4) is 0 Å². The van der Waals surface area contributed by atoms with Gasteiger partial charge in [-0.3, -0.25) is 9.59 Å². The SMILES string of the molecule is CC/C=C\C/C=C\C/C=C\C/C=C\CCCCCOCC(COC(=O)CCCCCCCCC/C=C\CCCCCCCC)OC(=O)CCCCCCCCCCCCC. The van der Waals surface area contributed by atoms with Crippen molar-refractivity contribution in [3.63, 3.8) is 0 Å². The summed E-state index contributed by atoms with van der Waals surface area (Å²) in [7, 11) is 0. The summed E-state index contributed by atoms with van der Waals surface area (Å²) in [6.45, 7) is 7.65. The summed E-state index contributed by atoms with van der Waals surface area (Å²) in [5.41, 5.74) is 0. The van der Waals surface area contributed by atoms with E-state index in [0.717, 1.165) is 83.5 Å². The van der Waals surface area contributed by atoms with Gasteiger partial charge in [0.25, 0.3) is 0 Å². The quantitative estimate of drug-likeness (QED) is 0.0347. The second kappa shape index (κ2) is 51.0. The summed E-state index contributed by atoms with van der Waals surface area (Å²) in [5.74, 6) is -0.414. The van der Waals surface area contributed by atoms with Crippen LogP contribution in [-0.2, 0) is 23.8 Å². The number of allylic oxidation sites excluding steroid dienone is 10. The average Bonchev–Trinajstić information content (AvgIpc) is 3.25. The Morgan fingerprint density at radius 3 is 1.22 bits per heavy atom. The summed E-state index contributed by atoms with van der Waals surface area (Å²) < 4.78 is 17.4. The maximum atomic E-state index is 12.8. The Hall–Kier alpha value is -2.40. The first-order valence-corrected chi connectivity index (χ1v) is 25.8. The number of esters is 2. The highest BCUT2D eigenvalue weighted by Crippen LogP contribution is 2.14. The molecule has 0 aliphatic heterocycles. The molecule has 0 fully saturated rings. The topological polar surface area (TPSA) is 61.8 Å². The zero-order valence-corrected chi connectivity index (χ0v) is 40.0. The number of hydrogen-bond acceptors (Lipinski definition) is 5. The molecule has 5 heteroatoms. The highest BCUT2D eigenvalue weighted by atomic mass is 16.6. The third kappa shape index (κ3) is 48.3. The Morgan fingerprint density at radius 2 is 0.750 bits per heavy atom. The lowest BCUT2D eigenvalue weighted by atomic mass is 10.1. The minimum absolute atomic E-state index is 0.0715. The molecule has 0 saturated carbocycles. The lowest BCUT2D eigenvalue weighted by molar-refractivity contribution is -0.163. The van der Waals surface area contributed by atoms with Gasteiger partial charge in [-0.1, -0.05) is 216 Å². The van der Waals surface area contributed by atoms with Crippen molar-refractivity contribution >= 4 is 11.9 Å². The van der Waals surface area contributed by atoms with Crippen molar-refractivity contribution in [1.82, 2.24) is 0 Å². The maximum absolute atomic E-state index is 12.8. The molecule has 348 valence electrons. The van der Waals surface area contributed by atoms with Gasteiger partial charge < -0.3 is 14.2 Å². The van der Waals surface area contributed by atoms with Crippen molar-refractivity contribution in [3.05, 3.63) is 60.8 Å². The highest BCUT2D eigenvalue weighted by Gasteiger charge is 2.17. The van der Waals surface area contributed by atoms with Crippen molar-refractivity contribution in [2.75, 3.05) is 19.8 Å². The lowest BCUT2D eigenvalue weighted by Crippen LogP contribution is -2.30. The van der Waals surface area contributed by atoms with Gasteiger partial charge in [-0.2, -0.15) is 0 Å². The molecule has 0 N–H and O–H groups in total. The summed E-state index contributed by atoms with van der Waals surface area (Å²) in [4.78, 5) is 25.4. The van der Waals surface area contributed by atoms with E-state index in [1.165, 1.54) is 135 Å². The first kappa shape index (κ1) is 57.6.